The summed E-state index contributed by atoms with van der Waals surface area (Å²) in [6.07, 6.45) is -3.68. The number of halogens is 3. The smallest absolute Gasteiger partial charge is 0.355 e. The van der Waals surface area contributed by atoms with Crippen LogP contribution in [0.2, 0.25) is 0 Å². The van der Waals surface area contributed by atoms with Crippen LogP contribution in [0.4, 0.5) is 18.9 Å². The van der Waals surface area contributed by atoms with Gasteiger partial charge in [0.05, 0.1) is 5.56 Å². The summed E-state index contributed by atoms with van der Waals surface area (Å²) in [4.78, 5) is 24.3. The third-order valence-corrected chi connectivity index (χ3v) is 2.76. The molecule has 116 valence electrons. The monoisotopic (exact) mass is 302 g/mol. The maximum absolute atomic E-state index is 12.5. The van der Waals surface area contributed by atoms with Gasteiger partial charge in [0.15, 0.2) is 0 Å². The molecule has 0 fully saturated rings. The number of nitrogens with one attached hydrogen (secondary N) is 1. The van der Waals surface area contributed by atoms with Gasteiger partial charge >= 0.3 is 6.18 Å². The Morgan fingerprint density at radius 3 is 2.19 bits per heavy atom. The molecule has 1 aromatic rings. The summed E-state index contributed by atoms with van der Waals surface area (Å²) in [5.41, 5.74) is -0.549. The number of carbonyl (C=O) groups is 2. The van der Waals surface area contributed by atoms with E-state index >= 15 is 0 Å². The first-order chi connectivity index (χ1) is 9.75. The van der Waals surface area contributed by atoms with E-state index in [2.05, 4.69) is 5.32 Å². The standard InChI is InChI=1S/C14H17F3N2O2/c1-3-8-18-13(21)9-19(10(2)20)12-6-4-11(5-7-12)14(15,16)17/h4-7H,3,8-9H2,1-2H3,(H,18,21). The van der Waals surface area contributed by atoms with Crippen molar-refractivity contribution in [3.63, 3.8) is 0 Å². The predicted octanol–water partition coefficient (Wildman–Crippen LogP) is 2.58. The Bertz CT molecular complexity index is 498. The largest absolute Gasteiger partial charge is 0.416 e. The number of nitrogens with zero attached hydrogens (tertiary/aromatic N) is 1. The van der Waals surface area contributed by atoms with Crippen molar-refractivity contribution in [1.82, 2.24) is 5.32 Å². The van der Waals surface area contributed by atoms with Gasteiger partial charge in [0.25, 0.3) is 0 Å². The van der Waals surface area contributed by atoms with E-state index in [4.69, 9.17) is 0 Å². The van der Waals surface area contributed by atoms with Crippen LogP contribution in [0.25, 0.3) is 0 Å². The molecule has 4 nitrogen and oxygen atoms in total. The van der Waals surface area contributed by atoms with Crippen LogP contribution in [0.1, 0.15) is 25.8 Å². The molecule has 21 heavy (non-hydrogen) atoms. The molecule has 0 aliphatic heterocycles. The number of rotatable bonds is 5. The molecule has 0 aliphatic carbocycles. The van der Waals surface area contributed by atoms with Crippen molar-refractivity contribution in [1.29, 1.82) is 0 Å². The molecule has 0 aliphatic rings. The lowest BCUT2D eigenvalue weighted by molar-refractivity contribution is -0.137. The zero-order valence-electron chi connectivity index (χ0n) is 11.8. The van der Waals surface area contributed by atoms with E-state index in [1.165, 1.54) is 19.1 Å². The number of hydrogen-bond acceptors (Lipinski definition) is 2. The predicted molar refractivity (Wildman–Crippen MR) is 72.8 cm³/mol. The Balaban J connectivity index is 2.86. The highest BCUT2D eigenvalue weighted by Gasteiger charge is 2.30. The molecule has 2 amide bonds. The summed E-state index contributed by atoms with van der Waals surface area (Å²) >= 11 is 0. The van der Waals surface area contributed by atoms with E-state index in [1.807, 2.05) is 6.92 Å². The van der Waals surface area contributed by atoms with Crippen molar-refractivity contribution in [3.8, 4) is 0 Å². The first-order valence-corrected chi connectivity index (χ1v) is 6.47. The minimum Gasteiger partial charge on any atom is -0.355 e. The van der Waals surface area contributed by atoms with Crippen molar-refractivity contribution in [2.24, 2.45) is 0 Å². The normalized spacial score (nSPS) is 11.1. The maximum Gasteiger partial charge on any atom is 0.416 e. The van der Waals surface area contributed by atoms with Gasteiger partial charge in [-0.15, -0.1) is 0 Å². The third kappa shape index (κ3) is 5.09. The Kier molecular flexibility index (Phi) is 5.75. The molecule has 1 rings (SSSR count). The topological polar surface area (TPSA) is 49.4 Å². The summed E-state index contributed by atoms with van der Waals surface area (Å²) in [5.74, 6) is -0.770. The van der Waals surface area contributed by atoms with E-state index in [9.17, 15) is 22.8 Å². The Morgan fingerprint density at radius 1 is 1.19 bits per heavy atom. The molecule has 1 aromatic carbocycles. The molecule has 0 aromatic heterocycles. The molecule has 0 radical (unpaired) electrons. The molecular weight excluding hydrogens is 285 g/mol. The van der Waals surface area contributed by atoms with Crippen molar-refractivity contribution in [3.05, 3.63) is 29.8 Å². The van der Waals surface area contributed by atoms with Gasteiger partial charge in [-0.3, -0.25) is 9.59 Å². The first kappa shape index (κ1) is 17.0. The molecule has 0 saturated heterocycles. The Labute approximate surface area is 120 Å². The van der Waals surface area contributed by atoms with Crippen LogP contribution in [0.5, 0.6) is 0 Å². The highest BCUT2D eigenvalue weighted by molar-refractivity contribution is 5.97. The highest BCUT2D eigenvalue weighted by Crippen LogP contribution is 2.30. The number of carbonyl (C=O) groups excluding carboxylic acids is 2. The van der Waals surface area contributed by atoms with E-state index in [1.54, 1.807) is 0 Å². The number of anilines is 1. The number of alkyl halides is 3. The number of benzene rings is 1. The van der Waals surface area contributed by atoms with Gasteiger partial charge in [0.1, 0.15) is 6.54 Å². The summed E-state index contributed by atoms with van der Waals surface area (Å²) in [6.45, 7) is 3.40. The van der Waals surface area contributed by atoms with E-state index in [0.717, 1.165) is 23.5 Å². The SMILES string of the molecule is CCCNC(=O)CN(C(C)=O)c1ccc(C(F)(F)F)cc1. The van der Waals surface area contributed by atoms with Crippen LogP contribution in [-0.4, -0.2) is 24.9 Å². The highest BCUT2D eigenvalue weighted by atomic mass is 19.4. The zero-order chi connectivity index (χ0) is 16.0. The molecule has 7 heteroatoms. The fourth-order valence-electron chi connectivity index (χ4n) is 1.68. The van der Waals surface area contributed by atoms with E-state index < -0.39 is 17.6 Å². The van der Waals surface area contributed by atoms with Gasteiger partial charge in [-0.05, 0) is 30.7 Å². The quantitative estimate of drug-likeness (QED) is 0.909. The lowest BCUT2D eigenvalue weighted by Gasteiger charge is -2.21. The van der Waals surface area contributed by atoms with E-state index in [-0.39, 0.29) is 18.1 Å². The molecule has 0 bridgehead atoms. The fraction of sp³-hybridized carbons (Fsp3) is 0.429. The summed E-state index contributed by atoms with van der Waals surface area (Å²) in [5, 5.41) is 2.61. The second-order valence-corrected chi connectivity index (χ2v) is 4.50. The van der Waals surface area contributed by atoms with E-state index in [0.29, 0.717) is 6.54 Å². The second kappa shape index (κ2) is 7.10. The number of amides is 2. The van der Waals surface area contributed by atoms with Crippen LogP contribution in [-0.2, 0) is 15.8 Å². The van der Waals surface area contributed by atoms with Crippen LogP contribution < -0.4 is 10.2 Å². The summed E-state index contributed by atoms with van der Waals surface area (Å²) in [6, 6.07) is 4.12. The molecule has 0 heterocycles. The Morgan fingerprint density at radius 2 is 1.76 bits per heavy atom. The average Bonchev–Trinajstić information content (AvgIpc) is 2.41. The summed E-state index contributed by atoms with van der Waals surface area (Å²) < 4.78 is 37.5. The minimum atomic E-state index is -4.43. The van der Waals surface area contributed by atoms with Gasteiger partial charge < -0.3 is 10.2 Å². The first-order valence-electron chi connectivity index (χ1n) is 6.47. The van der Waals surface area contributed by atoms with Crippen molar-refractivity contribution >= 4 is 17.5 Å². The fourth-order valence-corrected chi connectivity index (χ4v) is 1.68. The van der Waals surface area contributed by atoms with Crippen molar-refractivity contribution in [2.45, 2.75) is 26.4 Å². The summed E-state index contributed by atoms with van der Waals surface area (Å²) in [7, 11) is 0. The second-order valence-electron chi connectivity index (χ2n) is 4.50. The maximum atomic E-state index is 12.5. The molecule has 0 saturated carbocycles. The average molecular weight is 302 g/mol. The molecule has 1 N–H and O–H groups in total. The van der Waals surface area contributed by atoms with Crippen molar-refractivity contribution < 1.29 is 22.8 Å². The van der Waals surface area contributed by atoms with Gasteiger partial charge in [-0.2, -0.15) is 13.2 Å². The van der Waals surface area contributed by atoms with Gasteiger partial charge in [-0.25, -0.2) is 0 Å². The van der Waals surface area contributed by atoms with Crippen LogP contribution in [0.3, 0.4) is 0 Å². The Hall–Kier alpha value is -2.05. The van der Waals surface area contributed by atoms with Gasteiger partial charge in [0.2, 0.25) is 11.8 Å². The van der Waals surface area contributed by atoms with Gasteiger partial charge in [0, 0.05) is 19.2 Å². The lowest BCUT2D eigenvalue weighted by Crippen LogP contribution is -2.40. The molecular formula is C14H17F3N2O2. The van der Waals surface area contributed by atoms with Crippen LogP contribution >= 0.6 is 0 Å². The molecule has 0 unspecified atom stereocenters. The minimum absolute atomic E-state index is 0.222. The zero-order valence-corrected chi connectivity index (χ0v) is 11.8. The number of hydrogen-bond donors (Lipinski definition) is 1. The lowest BCUT2D eigenvalue weighted by atomic mass is 10.2. The van der Waals surface area contributed by atoms with Gasteiger partial charge in [-0.1, -0.05) is 6.92 Å². The third-order valence-electron chi connectivity index (χ3n) is 2.76. The van der Waals surface area contributed by atoms with Crippen LogP contribution in [0, 0.1) is 0 Å². The molecule has 0 atom stereocenters. The van der Waals surface area contributed by atoms with Crippen LogP contribution in [0.15, 0.2) is 24.3 Å². The molecule has 0 spiro atoms. The van der Waals surface area contributed by atoms with Crippen molar-refractivity contribution in [2.75, 3.05) is 18.0 Å².